The number of aryl methyl sites for hydroxylation is 2. The van der Waals surface area contributed by atoms with Crippen LogP contribution in [-0.2, 0) is 11.3 Å². The molecule has 0 fully saturated rings. The van der Waals surface area contributed by atoms with Gasteiger partial charge in [0.1, 0.15) is 0 Å². The Morgan fingerprint density at radius 1 is 1.14 bits per heavy atom. The minimum Gasteiger partial charge on any atom is -0.339 e. The van der Waals surface area contributed by atoms with Gasteiger partial charge < -0.3 is 9.84 Å². The number of nitrogens with zero attached hydrogens (tertiary/aromatic N) is 4. The second-order valence-corrected chi connectivity index (χ2v) is 6.23. The zero-order valence-electron chi connectivity index (χ0n) is 15.1. The molecule has 0 saturated heterocycles. The number of para-hydroxylation sites is 2. The molecule has 0 atom stereocenters. The number of carbonyl (C=O) groups is 1. The van der Waals surface area contributed by atoms with E-state index >= 15 is 0 Å². The van der Waals surface area contributed by atoms with E-state index in [1.165, 1.54) is 6.20 Å². The summed E-state index contributed by atoms with van der Waals surface area (Å²) >= 11 is 0. The van der Waals surface area contributed by atoms with E-state index in [9.17, 15) is 9.59 Å². The molecule has 0 aliphatic carbocycles. The first kappa shape index (κ1) is 17.6. The average molecular weight is 375 g/mol. The molecule has 2 aromatic carbocycles. The van der Waals surface area contributed by atoms with Gasteiger partial charge in [-0.25, -0.2) is 0 Å². The van der Waals surface area contributed by atoms with Crippen LogP contribution in [0.2, 0.25) is 0 Å². The van der Waals surface area contributed by atoms with E-state index in [0.717, 1.165) is 0 Å². The van der Waals surface area contributed by atoms with Crippen molar-refractivity contribution in [2.45, 2.75) is 19.9 Å². The summed E-state index contributed by atoms with van der Waals surface area (Å²) in [5.74, 6) is 0.686. The van der Waals surface area contributed by atoms with Gasteiger partial charge in [-0.05, 0) is 24.3 Å². The number of aromatic nitrogens is 4. The summed E-state index contributed by atoms with van der Waals surface area (Å²) in [5, 5.41) is 11.5. The molecule has 4 rings (SSSR count). The molecule has 0 aliphatic heterocycles. The minimum absolute atomic E-state index is 0.138. The standard InChI is InChI=1S/C20H17N5O3/c1-13-22-20(24-28-13)14-6-2-4-8-16(14)23-19(27)10-11-25-17-9-5-3-7-15(17)18(26)12-21-25/h2-9,12H,10-11H2,1H3,(H,23,27). The fraction of sp³-hybridized carbons (Fsp3) is 0.150. The lowest BCUT2D eigenvalue weighted by molar-refractivity contribution is -0.116. The Hall–Kier alpha value is -3.81. The van der Waals surface area contributed by atoms with Crippen molar-refractivity contribution in [2.75, 3.05) is 5.32 Å². The third kappa shape index (κ3) is 3.52. The van der Waals surface area contributed by atoms with Gasteiger partial charge in [0.05, 0.1) is 23.9 Å². The van der Waals surface area contributed by atoms with Crippen LogP contribution in [0.5, 0.6) is 0 Å². The quantitative estimate of drug-likeness (QED) is 0.575. The zero-order chi connectivity index (χ0) is 19.5. The molecular formula is C20H17N5O3. The molecule has 0 spiro atoms. The van der Waals surface area contributed by atoms with E-state index < -0.39 is 0 Å². The van der Waals surface area contributed by atoms with Crippen LogP contribution in [0.3, 0.4) is 0 Å². The third-order valence-electron chi connectivity index (χ3n) is 4.28. The van der Waals surface area contributed by atoms with Gasteiger partial charge in [-0.3, -0.25) is 14.3 Å². The number of benzene rings is 2. The van der Waals surface area contributed by atoms with E-state index in [0.29, 0.717) is 40.4 Å². The number of carbonyl (C=O) groups excluding carboxylic acids is 1. The number of nitrogens with one attached hydrogen (secondary N) is 1. The molecule has 8 nitrogen and oxygen atoms in total. The predicted octanol–water partition coefficient (Wildman–Crippen LogP) is 2.78. The van der Waals surface area contributed by atoms with Crippen LogP contribution in [0.4, 0.5) is 5.69 Å². The van der Waals surface area contributed by atoms with E-state index in [-0.39, 0.29) is 17.8 Å². The van der Waals surface area contributed by atoms with Crippen LogP contribution in [0, 0.1) is 6.92 Å². The molecule has 1 amide bonds. The molecule has 140 valence electrons. The molecule has 2 heterocycles. The Morgan fingerprint density at radius 2 is 1.93 bits per heavy atom. The van der Waals surface area contributed by atoms with Crippen LogP contribution in [0.15, 0.2) is 64.0 Å². The van der Waals surface area contributed by atoms with Crippen LogP contribution < -0.4 is 10.7 Å². The summed E-state index contributed by atoms with van der Waals surface area (Å²) in [6.45, 7) is 2.05. The lowest BCUT2D eigenvalue weighted by Gasteiger charge is -2.11. The lowest BCUT2D eigenvalue weighted by Crippen LogP contribution is -2.18. The fourth-order valence-electron chi connectivity index (χ4n) is 2.96. The fourth-order valence-corrected chi connectivity index (χ4v) is 2.96. The highest BCUT2D eigenvalue weighted by Crippen LogP contribution is 2.25. The summed E-state index contributed by atoms with van der Waals surface area (Å²) in [6, 6.07) is 14.5. The maximum absolute atomic E-state index is 12.5. The monoisotopic (exact) mass is 375 g/mol. The Balaban J connectivity index is 1.51. The van der Waals surface area contributed by atoms with Gasteiger partial charge >= 0.3 is 0 Å². The van der Waals surface area contributed by atoms with E-state index in [2.05, 4.69) is 20.6 Å². The third-order valence-corrected chi connectivity index (χ3v) is 4.28. The summed E-state index contributed by atoms with van der Waals surface area (Å²) < 4.78 is 6.68. The second kappa shape index (κ2) is 7.43. The molecule has 0 saturated carbocycles. The second-order valence-electron chi connectivity index (χ2n) is 6.23. The van der Waals surface area contributed by atoms with Gasteiger partial charge in [0.2, 0.25) is 23.1 Å². The van der Waals surface area contributed by atoms with Crippen LogP contribution in [-0.4, -0.2) is 25.8 Å². The zero-order valence-corrected chi connectivity index (χ0v) is 15.1. The van der Waals surface area contributed by atoms with Crippen molar-refractivity contribution in [3.8, 4) is 11.4 Å². The number of rotatable bonds is 5. The van der Waals surface area contributed by atoms with E-state index in [1.807, 2.05) is 30.3 Å². The normalized spacial score (nSPS) is 10.9. The van der Waals surface area contributed by atoms with Crippen molar-refractivity contribution in [2.24, 2.45) is 0 Å². The largest absolute Gasteiger partial charge is 0.339 e. The van der Waals surface area contributed by atoms with Crippen molar-refractivity contribution in [1.29, 1.82) is 0 Å². The van der Waals surface area contributed by atoms with E-state index in [4.69, 9.17) is 4.52 Å². The molecule has 0 bridgehead atoms. The highest BCUT2D eigenvalue weighted by molar-refractivity contribution is 5.94. The molecule has 2 aromatic heterocycles. The average Bonchev–Trinajstić information content (AvgIpc) is 3.14. The molecule has 8 heteroatoms. The molecule has 0 unspecified atom stereocenters. The Kier molecular flexibility index (Phi) is 4.67. The highest BCUT2D eigenvalue weighted by atomic mass is 16.5. The van der Waals surface area contributed by atoms with Gasteiger partial charge in [0.25, 0.3) is 0 Å². The van der Waals surface area contributed by atoms with Crippen molar-refractivity contribution in [3.63, 3.8) is 0 Å². The Bertz CT molecular complexity index is 1210. The van der Waals surface area contributed by atoms with Gasteiger partial charge in [-0.2, -0.15) is 10.1 Å². The summed E-state index contributed by atoms with van der Waals surface area (Å²) in [7, 11) is 0. The molecule has 4 aromatic rings. The maximum Gasteiger partial charge on any atom is 0.226 e. The van der Waals surface area contributed by atoms with Crippen molar-refractivity contribution < 1.29 is 9.32 Å². The Labute approximate surface area is 159 Å². The predicted molar refractivity (Wildman–Crippen MR) is 104 cm³/mol. The molecule has 1 N–H and O–H groups in total. The van der Waals surface area contributed by atoms with Crippen LogP contribution >= 0.6 is 0 Å². The molecule has 28 heavy (non-hydrogen) atoms. The Morgan fingerprint density at radius 3 is 2.75 bits per heavy atom. The summed E-state index contributed by atoms with van der Waals surface area (Å²) in [5.41, 5.74) is 1.84. The van der Waals surface area contributed by atoms with Crippen LogP contribution in [0.25, 0.3) is 22.3 Å². The maximum atomic E-state index is 12.5. The number of hydrogen-bond donors (Lipinski definition) is 1. The van der Waals surface area contributed by atoms with Gasteiger partial charge in [-0.15, -0.1) is 0 Å². The van der Waals surface area contributed by atoms with Crippen LogP contribution in [0.1, 0.15) is 12.3 Å². The summed E-state index contributed by atoms with van der Waals surface area (Å²) in [6.07, 6.45) is 1.47. The van der Waals surface area contributed by atoms with Crippen molar-refractivity contribution >= 4 is 22.5 Å². The summed E-state index contributed by atoms with van der Waals surface area (Å²) in [4.78, 5) is 28.6. The van der Waals surface area contributed by atoms with Gasteiger partial charge in [0.15, 0.2) is 0 Å². The number of anilines is 1. The van der Waals surface area contributed by atoms with Gasteiger partial charge in [0, 0.05) is 24.3 Å². The number of fused-ring (bicyclic) bond motifs is 1. The van der Waals surface area contributed by atoms with Gasteiger partial charge in [-0.1, -0.05) is 29.4 Å². The highest BCUT2D eigenvalue weighted by Gasteiger charge is 2.13. The van der Waals surface area contributed by atoms with Crippen molar-refractivity contribution in [1.82, 2.24) is 19.9 Å². The topological polar surface area (TPSA) is 103 Å². The molecular weight excluding hydrogens is 358 g/mol. The number of hydrogen-bond acceptors (Lipinski definition) is 6. The minimum atomic E-state index is -0.183. The first-order chi connectivity index (χ1) is 13.6. The first-order valence-electron chi connectivity index (χ1n) is 8.76. The van der Waals surface area contributed by atoms with E-state index in [1.54, 1.807) is 29.8 Å². The van der Waals surface area contributed by atoms with Crippen molar-refractivity contribution in [3.05, 3.63) is 70.8 Å². The molecule has 0 radical (unpaired) electrons. The number of amides is 1. The first-order valence-corrected chi connectivity index (χ1v) is 8.76. The SMILES string of the molecule is Cc1nc(-c2ccccc2NC(=O)CCn2ncc(=O)c3ccccc32)no1. The molecule has 0 aliphatic rings. The smallest absolute Gasteiger partial charge is 0.226 e. The lowest BCUT2D eigenvalue weighted by atomic mass is 10.1.